The highest BCUT2D eigenvalue weighted by Crippen LogP contribution is 2.04. The summed E-state index contributed by atoms with van der Waals surface area (Å²) in [4.78, 5) is 7.14. The molecule has 3 heteroatoms. The Morgan fingerprint density at radius 3 is 2.56 bits per heavy atom. The van der Waals surface area contributed by atoms with Crippen LogP contribution in [-0.2, 0) is 13.1 Å². The second-order valence-corrected chi connectivity index (χ2v) is 5.02. The molecule has 0 saturated heterocycles. The smallest absolute Gasteiger partial charge is 0.0547 e. The third kappa shape index (κ3) is 5.61. The Morgan fingerprint density at radius 1 is 1.22 bits per heavy atom. The zero-order valence-corrected chi connectivity index (χ0v) is 12.2. The van der Waals surface area contributed by atoms with E-state index < -0.39 is 0 Å². The summed E-state index contributed by atoms with van der Waals surface area (Å²) in [7, 11) is 0. The average molecular weight is 249 g/mol. The number of hydrogen-bond donors (Lipinski definition) is 1. The van der Waals surface area contributed by atoms with E-state index in [1.165, 1.54) is 12.1 Å². The average Bonchev–Trinajstić information content (AvgIpc) is 2.36. The van der Waals surface area contributed by atoms with Crippen molar-refractivity contribution in [3.8, 4) is 0 Å². The lowest BCUT2D eigenvalue weighted by atomic mass is 10.2. The minimum absolute atomic E-state index is 0.502. The quantitative estimate of drug-likeness (QED) is 0.768. The molecule has 0 amide bonds. The van der Waals surface area contributed by atoms with Gasteiger partial charge in [-0.05, 0) is 31.6 Å². The van der Waals surface area contributed by atoms with Gasteiger partial charge in [0.15, 0.2) is 0 Å². The molecule has 0 aliphatic heterocycles. The summed E-state index contributed by atoms with van der Waals surface area (Å²) in [5.74, 6) is 0. The third-order valence-corrected chi connectivity index (χ3v) is 2.93. The molecule has 0 spiro atoms. The Kier molecular flexibility index (Phi) is 6.91. The van der Waals surface area contributed by atoms with Crippen LogP contribution in [0, 0.1) is 0 Å². The highest BCUT2D eigenvalue weighted by atomic mass is 15.1. The topological polar surface area (TPSA) is 28.2 Å². The second-order valence-electron chi connectivity index (χ2n) is 5.02. The predicted molar refractivity (Wildman–Crippen MR) is 77.5 cm³/mol. The predicted octanol–water partition coefficient (Wildman–Crippen LogP) is 2.81. The van der Waals surface area contributed by atoms with E-state index in [0.717, 1.165) is 31.9 Å². The Hall–Kier alpha value is -0.930. The maximum Gasteiger partial charge on any atom is 0.0547 e. The van der Waals surface area contributed by atoms with Crippen LogP contribution in [0.25, 0.3) is 0 Å². The molecule has 0 saturated carbocycles. The monoisotopic (exact) mass is 249 g/mol. The molecule has 0 atom stereocenters. The minimum atomic E-state index is 0.502. The van der Waals surface area contributed by atoms with Gasteiger partial charge in [-0.15, -0.1) is 0 Å². The molecule has 1 aromatic heterocycles. The van der Waals surface area contributed by atoms with Crippen molar-refractivity contribution in [3.63, 3.8) is 0 Å². The third-order valence-electron chi connectivity index (χ3n) is 2.93. The van der Waals surface area contributed by atoms with Crippen LogP contribution < -0.4 is 5.32 Å². The summed E-state index contributed by atoms with van der Waals surface area (Å²) >= 11 is 0. The molecular formula is C15H27N3. The van der Waals surface area contributed by atoms with Crippen molar-refractivity contribution in [1.82, 2.24) is 15.2 Å². The van der Waals surface area contributed by atoms with Crippen LogP contribution in [0.15, 0.2) is 18.2 Å². The number of rotatable bonds is 8. The minimum Gasteiger partial charge on any atom is -0.309 e. The summed E-state index contributed by atoms with van der Waals surface area (Å²) < 4.78 is 0. The van der Waals surface area contributed by atoms with Gasteiger partial charge in [-0.1, -0.05) is 33.8 Å². The lowest BCUT2D eigenvalue weighted by Crippen LogP contribution is -2.25. The molecular weight excluding hydrogens is 222 g/mol. The molecule has 0 unspecified atom stereocenters. The van der Waals surface area contributed by atoms with Crippen LogP contribution in [0.3, 0.4) is 0 Å². The van der Waals surface area contributed by atoms with Crippen molar-refractivity contribution in [2.24, 2.45) is 0 Å². The van der Waals surface area contributed by atoms with Crippen molar-refractivity contribution in [3.05, 3.63) is 29.6 Å². The number of aromatic nitrogens is 1. The van der Waals surface area contributed by atoms with E-state index >= 15 is 0 Å². The normalized spacial score (nSPS) is 11.4. The Morgan fingerprint density at radius 2 is 1.94 bits per heavy atom. The van der Waals surface area contributed by atoms with Gasteiger partial charge in [0.2, 0.25) is 0 Å². The number of nitrogens with one attached hydrogen (secondary N) is 1. The SMILES string of the molecule is CCCN(CC)Cc1cccc(CNC(C)C)n1. The van der Waals surface area contributed by atoms with Gasteiger partial charge in [0.05, 0.1) is 11.4 Å². The Balaban J connectivity index is 2.57. The van der Waals surface area contributed by atoms with Gasteiger partial charge in [0.1, 0.15) is 0 Å². The number of pyridine rings is 1. The fraction of sp³-hybridized carbons (Fsp3) is 0.667. The molecule has 1 rings (SSSR count). The van der Waals surface area contributed by atoms with E-state index in [1.54, 1.807) is 0 Å². The zero-order chi connectivity index (χ0) is 13.4. The Bertz CT molecular complexity index is 336. The maximum absolute atomic E-state index is 4.71. The van der Waals surface area contributed by atoms with Gasteiger partial charge in [0, 0.05) is 19.1 Å². The molecule has 1 aromatic rings. The van der Waals surface area contributed by atoms with Crippen LogP contribution >= 0.6 is 0 Å². The first-order valence-electron chi connectivity index (χ1n) is 7.06. The first-order valence-corrected chi connectivity index (χ1v) is 7.06. The van der Waals surface area contributed by atoms with E-state index in [2.05, 4.69) is 56.1 Å². The second kappa shape index (κ2) is 8.22. The van der Waals surface area contributed by atoms with Crippen LogP contribution in [0.4, 0.5) is 0 Å². The van der Waals surface area contributed by atoms with Crippen molar-refractivity contribution in [2.45, 2.75) is 53.2 Å². The van der Waals surface area contributed by atoms with Crippen LogP contribution in [0.2, 0.25) is 0 Å². The van der Waals surface area contributed by atoms with E-state index in [9.17, 15) is 0 Å². The largest absolute Gasteiger partial charge is 0.309 e. The fourth-order valence-corrected chi connectivity index (χ4v) is 1.92. The number of nitrogens with zero attached hydrogens (tertiary/aromatic N) is 2. The molecule has 0 aliphatic rings. The molecule has 0 aliphatic carbocycles. The maximum atomic E-state index is 4.71. The van der Waals surface area contributed by atoms with E-state index in [0.29, 0.717) is 6.04 Å². The molecule has 0 radical (unpaired) electrons. The molecule has 102 valence electrons. The van der Waals surface area contributed by atoms with Crippen LogP contribution in [0.5, 0.6) is 0 Å². The summed E-state index contributed by atoms with van der Waals surface area (Å²) in [5.41, 5.74) is 2.31. The van der Waals surface area contributed by atoms with Crippen molar-refractivity contribution >= 4 is 0 Å². The van der Waals surface area contributed by atoms with Crippen molar-refractivity contribution < 1.29 is 0 Å². The van der Waals surface area contributed by atoms with E-state index in [1.807, 2.05) is 0 Å². The summed E-state index contributed by atoms with van der Waals surface area (Å²) in [6, 6.07) is 6.83. The molecule has 1 heterocycles. The molecule has 0 bridgehead atoms. The van der Waals surface area contributed by atoms with Gasteiger partial charge < -0.3 is 5.32 Å². The van der Waals surface area contributed by atoms with Gasteiger partial charge in [0.25, 0.3) is 0 Å². The zero-order valence-electron chi connectivity index (χ0n) is 12.2. The van der Waals surface area contributed by atoms with Crippen LogP contribution in [-0.4, -0.2) is 29.0 Å². The Labute approximate surface area is 112 Å². The molecule has 18 heavy (non-hydrogen) atoms. The highest BCUT2D eigenvalue weighted by molar-refractivity contribution is 5.11. The molecule has 0 fully saturated rings. The first-order chi connectivity index (χ1) is 8.65. The van der Waals surface area contributed by atoms with Gasteiger partial charge in [-0.3, -0.25) is 9.88 Å². The van der Waals surface area contributed by atoms with E-state index in [-0.39, 0.29) is 0 Å². The molecule has 1 N–H and O–H groups in total. The summed E-state index contributed by atoms with van der Waals surface area (Å²) in [6.45, 7) is 12.8. The molecule has 0 aromatic carbocycles. The summed E-state index contributed by atoms with van der Waals surface area (Å²) in [5, 5.41) is 3.41. The lowest BCUT2D eigenvalue weighted by Gasteiger charge is -2.19. The van der Waals surface area contributed by atoms with Gasteiger partial charge in [-0.2, -0.15) is 0 Å². The van der Waals surface area contributed by atoms with Gasteiger partial charge >= 0.3 is 0 Å². The van der Waals surface area contributed by atoms with E-state index in [4.69, 9.17) is 4.98 Å². The standard InChI is InChI=1S/C15H27N3/c1-5-10-18(6-2)12-15-9-7-8-14(17-15)11-16-13(3)4/h7-9,13,16H,5-6,10-12H2,1-4H3. The van der Waals surface area contributed by atoms with Gasteiger partial charge in [-0.25, -0.2) is 0 Å². The highest BCUT2D eigenvalue weighted by Gasteiger charge is 2.04. The van der Waals surface area contributed by atoms with Crippen molar-refractivity contribution in [2.75, 3.05) is 13.1 Å². The molecule has 3 nitrogen and oxygen atoms in total. The van der Waals surface area contributed by atoms with Crippen molar-refractivity contribution in [1.29, 1.82) is 0 Å². The number of hydrogen-bond acceptors (Lipinski definition) is 3. The fourth-order valence-electron chi connectivity index (χ4n) is 1.92. The summed E-state index contributed by atoms with van der Waals surface area (Å²) in [6.07, 6.45) is 1.20. The first kappa shape index (κ1) is 15.1. The lowest BCUT2D eigenvalue weighted by molar-refractivity contribution is 0.277. The van der Waals surface area contributed by atoms with Crippen LogP contribution in [0.1, 0.15) is 45.5 Å².